The third-order valence-corrected chi connectivity index (χ3v) is 3.25. The highest BCUT2D eigenvalue weighted by molar-refractivity contribution is 7.11. The molecule has 0 aliphatic carbocycles. The number of nitriles is 1. The van der Waals surface area contributed by atoms with Crippen molar-refractivity contribution < 1.29 is 8.78 Å². The highest BCUT2D eigenvalue weighted by atomic mass is 32.1. The number of alkyl halides is 2. The van der Waals surface area contributed by atoms with Crippen LogP contribution in [0.4, 0.5) is 8.78 Å². The first-order chi connectivity index (χ1) is 6.53. The van der Waals surface area contributed by atoms with E-state index in [1.54, 1.807) is 6.92 Å². The molecule has 3 nitrogen and oxygen atoms in total. The lowest BCUT2D eigenvalue weighted by Crippen LogP contribution is -2.17. The number of nitrogens with zero attached hydrogens (tertiary/aromatic N) is 3. The largest absolute Gasteiger partial charge is 0.291 e. The van der Waals surface area contributed by atoms with Gasteiger partial charge in [0, 0.05) is 0 Å². The molecule has 0 aliphatic rings. The summed E-state index contributed by atoms with van der Waals surface area (Å²) in [5, 5.41) is 15.9. The maximum atomic E-state index is 12.2. The fraction of sp³-hybridized carbons (Fsp3) is 0.625. The first-order valence-corrected chi connectivity index (χ1v) is 4.88. The standard InChI is InChI=1S/C8H9F2N3S/c1-3-8(2,4-11)7-13-12-6(14-7)5(9)10/h5H,3H2,1-2H3. The highest BCUT2D eigenvalue weighted by Crippen LogP contribution is 2.32. The van der Waals surface area contributed by atoms with Crippen molar-refractivity contribution in [1.82, 2.24) is 10.2 Å². The minimum Gasteiger partial charge on any atom is -0.202 e. The van der Waals surface area contributed by atoms with Gasteiger partial charge in [0.05, 0.1) is 6.07 Å². The van der Waals surface area contributed by atoms with Crippen molar-refractivity contribution in [3.63, 3.8) is 0 Å². The van der Waals surface area contributed by atoms with E-state index < -0.39 is 11.8 Å². The number of rotatable bonds is 3. The molecule has 1 aromatic rings. The Balaban J connectivity index is 3.03. The number of aromatic nitrogens is 2. The molecule has 0 fully saturated rings. The molecule has 0 saturated carbocycles. The molecule has 0 N–H and O–H groups in total. The van der Waals surface area contributed by atoms with E-state index in [9.17, 15) is 8.78 Å². The Morgan fingerprint density at radius 1 is 1.57 bits per heavy atom. The molecule has 0 amide bonds. The van der Waals surface area contributed by atoms with E-state index in [4.69, 9.17) is 5.26 Å². The van der Waals surface area contributed by atoms with E-state index in [1.807, 2.05) is 6.92 Å². The average molecular weight is 217 g/mol. The summed E-state index contributed by atoms with van der Waals surface area (Å²) in [6, 6.07) is 2.06. The Morgan fingerprint density at radius 3 is 2.57 bits per heavy atom. The monoisotopic (exact) mass is 217 g/mol. The number of halogens is 2. The summed E-state index contributed by atoms with van der Waals surface area (Å²) in [7, 11) is 0. The first kappa shape index (κ1) is 11.0. The maximum Gasteiger partial charge on any atom is 0.291 e. The molecule has 1 atom stereocenters. The molecule has 0 aromatic carbocycles. The fourth-order valence-electron chi connectivity index (χ4n) is 0.824. The van der Waals surface area contributed by atoms with Gasteiger partial charge in [-0.25, -0.2) is 8.78 Å². The van der Waals surface area contributed by atoms with Crippen LogP contribution in [0.2, 0.25) is 0 Å². The van der Waals surface area contributed by atoms with Crippen molar-refractivity contribution >= 4 is 11.3 Å². The molecule has 0 saturated heterocycles. The Kier molecular flexibility index (Phi) is 3.11. The molecule has 1 rings (SSSR count). The van der Waals surface area contributed by atoms with Crippen molar-refractivity contribution in [2.45, 2.75) is 32.1 Å². The van der Waals surface area contributed by atoms with E-state index >= 15 is 0 Å². The van der Waals surface area contributed by atoms with Gasteiger partial charge in [0.15, 0.2) is 5.01 Å². The van der Waals surface area contributed by atoms with E-state index in [0.717, 1.165) is 11.3 Å². The van der Waals surface area contributed by atoms with Crippen LogP contribution >= 0.6 is 11.3 Å². The predicted molar refractivity (Wildman–Crippen MR) is 48.1 cm³/mol. The predicted octanol–water partition coefficient (Wildman–Crippen LogP) is 2.67. The van der Waals surface area contributed by atoms with Crippen LogP contribution in [0.3, 0.4) is 0 Å². The summed E-state index contributed by atoms with van der Waals surface area (Å²) in [6.07, 6.45) is -2.08. The summed E-state index contributed by atoms with van der Waals surface area (Å²) in [4.78, 5) is 0. The van der Waals surface area contributed by atoms with Gasteiger partial charge < -0.3 is 0 Å². The van der Waals surface area contributed by atoms with E-state index in [2.05, 4.69) is 16.3 Å². The molecule has 14 heavy (non-hydrogen) atoms. The van der Waals surface area contributed by atoms with E-state index in [-0.39, 0.29) is 5.01 Å². The van der Waals surface area contributed by atoms with E-state index in [0.29, 0.717) is 11.4 Å². The van der Waals surface area contributed by atoms with Crippen LogP contribution in [0.15, 0.2) is 0 Å². The molecular formula is C8H9F2N3S. The van der Waals surface area contributed by atoms with Crippen molar-refractivity contribution in [2.75, 3.05) is 0 Å². The lowest BCUT2D eigenvalue weighted by molar-refractivity contribution is 0.150. The molecule has 1 aromatic heterocycles. The Morgan fingerprint density at radius 2 is 2.21 bits per heavy atom. The van der Waals surface area contributed by atoms with E-state index in [1.165, 1.54) is 0 Å². The second-order valence-corrected chi connectivity index (χ2v) is 4.05. The molecule has 6 heteroatoms. The zero-order valence-corrected chi connectivity index (χ0v) is 8.61. The quantitative estimate of drug-likeness (QED) is 0.782. The molecule has 1 heterocycles. The third-order valence-electron chi connectivity index (χ3n) is 2.05. The number of hydrogen-bond donors (Lipinski definition) is 0. The van der Waals surface area contributed by atoms with Crippen molar-refractivity contribution in [2.24, 2.45) is 0 Å². The van der Waals surface area contributed by atoms with Crippen LogP contribution in [0, 0.1) is 11.3 Å². The minimum atomic E-state index is -2.61. The van der Waals surface area contributed by atoms with Gasteiger partial charge >= 0.3 is 0 Å². The lowest BCUT2D eigenvalue weighted by Gasteiger charge is -2.13. The van der Waals surface area contributed by atoms with Crippen LogP contribution in [-0.2, 0) is 5.41 Å². The van der Waals surface area contributed by atoms with Gasteiger partial charge in [0.25, 0.3) is 6.43 Å². The smallest absolute Gasteiger partial charge is 0.202 e. The van der Waals surface area contributed by atoms with Gasteiger partial charge in [-0.05, 0) is 13.3 Å². The van der Waals surface area contributed by atoms with Crippen molar-refractivity contribution in [1.29, 1.82) is 5.26 Å². The lowest BCUT2D eigenvalue weighted by atomic mass is 9.91. The molecule has 0 spiro atoms. The van der Waals surface area contributed by atoms with Gasteiger partial charge in [-0.1, -0.05) is 18.3 Å². The zero-order valence-electron chi connectivity index (χ0n) is 7.79. The van der Waals surface area contributed by atoms with Crippen molar-refractivity contribution in [3.05, 3.63) is 10.0 Å². The summed E-state index contributed by atoms with van der Waals surface area (Å²) in [5.74, 6) is 0. The fourth-order valence-corrected chi connectivity index (χ4v) is 1.69. The highest BCUT2D eigenvalue weighted by Gasteiger charge is 2.30. The molecule has 0 aliphatic heterocycles. The SMILES string of the molecule is CCC(C)(C#N)c1nnc(C(F)F)s1. The van der Waals surface area contributed by atoms with Crippen LogP contribution in [-0.4, -0.2) is 10.2 Å². The minimum absolute atomic E-state index is 0.324. The second kappa shape index (κ2) is 3.96. The Hall–Kier alpha value is -1.09. The molecule has 0 radical (unpaired) electrons. The summed E-state index contributed by atoms with van der Waals surface area (Å²) < 4.78 is 24.4. The molecule has 1 unspecified atom stereocenters. The van der Waals surface area contributed by atoms with Crippen molar-refractivity contribution in [3.8, 4) is 6.07 Å². The van der Waals surface area contributed by atoms with Gasteiger partial charge in [-0.3, -0.25) is 0 Å². The maximum absolute atomic E-state index is 12.2. The van der Waals surface area contributed by atoms with Gasteiger partial charge in [-0.15, -0.1) is 10.2 Å². The average Bonchev–Trinajstić information content (AvgIpc) is 2.66. The molecular weight excluding hydrogens is 208 g/mol. The van der Waals surface area contributed by atoms with Crippen LogP contribution < -0.4 is 0 Å². The summed E-state index contributed by atoms with van der Waals surface area (Å²) in [6.45, 7) is 3.48. The topological polar surface area (TPSA) is 49.6 Å². The van der Waals surface area contributed by atoms with Crippen LogP contribution in [0.25, 0.3) is 0 Å². The Labute approximate surface area is 84.4 Å². The third kappa shape index (κ3) is 1.87. The summed E-state index contributed by atoms with van der Waals surface area (Å²) in [5.41, 5.74) is -0.801. The number of hydrogen-bond acceptors (Lipinski definition) is 4. The Bertz CT molecular complexity index is 358. The summed E-state index contributed by atoms with van der Waals surface area (Å²) >= 11 is 0.802. The van der Waals surface area contributed by atoms with Crippen LogP contribution in [0.5, 0.6) is 0 Å². The zero-order chi connectivity index (χ0) is 10.8. The van der Waals surface area contributed by atoms with Gasteiger partial charge in [-0.2, -0.15) is 5.26 Å². The first-order valence-electron chi connectivity index (χ1n) is 4.06. The molecule has 0 bridgehead atoms. The van der Waals surface area contributed by atoms with Crippen LogP contribution in [0.1, 0.15) is 36.7 Å². The van der Waals surface area contributed by atoms with Gasteiger partial charge in [0.2, 0.25) is 0 Å². The molecule has 76 valence electrons. The second-order valence-electron chi connectivity index (χ2n) is 3.04. The van der Waals surface area contributed by atoms with Gasteiger partial charge in [0.1, 0.15) is 10.4 Å². The normalized spacial score (nSPS) is 15.1.